The molecular weight excluding hydrogens is 324 g/mol. The highest BCUT2D eigenvalue weighted by atomic mass is 32.1. The van der Waals surface area contributed by atoms with E-state index in [1.807, 2.05) is 0 Å². The molecule has 0 bridgehead atoms. The standard InChI is InChI=1S/C22H35N2S/c1-13-10-15-11-14(2)22(4,23-5)18-7-6-17-20(19(15)18)16(13)8-9-21(17,3)24-12-25/h13-20H,6-11H2,1-5H3/q-1. The molecular formula is C22H35N2S-. The van der Waals surface area contributed by atoms with Gasteiger partial charge in [-0.3, -0.25) is 0 Å². The minimum atomic E-state index is 0.0400. The van der Waals surface area contributed by atoms with E-state index in [-0.39, 0.29) is 11.1 Å². The Labute approximate surface area is 159 Å². The normalized spacial score (nSPS) is 57.3. The fourth-order valence-corrected chi connectivity index (χ4v) is 8.37. The van der Waals surface area contributed by atoms with Crippen LogP contribution < -0.4 is 0 Å². The zero-order valence-electron chi connectivity index (χ0n) is 16.7. The van der Waals surface area contributed by atoms with E-state index in [4.69, 9.17) is 22.5 Å². The fraction of sp³-hybridized carbons (Fsp3) is 0.955. The second-order valence-corrected chi connectivity index (χ2v) is 10.4. The van der Waals surface area contributed by atoms with E-state index in [1.165, 1.54) is 38.5 Å². The number of aliphatic imine (C=N–C) groups is 1. The van der Waals surface area contributed by atoms with E-state index >= 15 is 0 Å². The van der Waals surface area contributed by atoms with E-state index in [9.17, 15) is 0 Å². The average Bonchev–Trinajstić information content (AvgIpc) is 2.58. The molecule has 0 heterocycles. The van der Waals surface area contributed by atoms with Gasteiger partial charge < -0.3 is 5.32 Å². The van der Waals surface area contributed by atoms with Crippen molar-refractivity contribution in [1.82, 2.24) is 0 Å². The quantitative estimate of drug-likeness (QED) is 0.440. The van der Waals surface area contributed by atoms with E-state index < -0.39 is 0 Å². The smallest absolute Gasteiger partial charge is 0.0713 e. The number of thiocarbonyl (C=S) groups is 1. The molecule has 4 saturated carbocycles. The van der Waals surface area contributed by atoms with Crippen molar-refractivity contribution in [2.45, 2.75) is 77.3 Å². The van der Waals surface area contributed by atoms with Crippen LogP contribution in [0.25, 0.3) is 5.32 Å². The third-order valence-electron chi connectivity index (χ3n) is 9.58. The van der Waals surface area contributed by atoms with Gasteiger partial charge in [0.25, 0.3) is 0 Å². The van der Waals surface area contributed by atoms with Crippen molar-refractivity contribution >= 4 is 17.4 Å². The summed E-state index contributed by atoms with van der Waals surface area (Å²) in [6.45, 7) is 9.84. The van der Waals surface area contributed by atoms with Gasteiger partial charge >= 0.3 is 0 Å². The zero-order chi connectivity index (χ0) is 18.0. The van der Waals surface area contributed by atoms with Gasteiger partial charge in [0, 0.05) is 0 Å². The van der Waals surface area contributed by atoms with Gasteiger partial charge in [-0.2, -0.15) is 7.05 Å². The molecule has 0 N–H and O–H groups in total. The Balaban J connectivity index is 1.77. The summed E-state index contributed by atoms with van der Waals surface area (Å²) >= 11 is 5.04. The van der Waals surface area contributed by atoms with Crippen molar-refractivity contribution in [3.63, 3.8) is 0 Å². The Bertz CT molecular complexity index is 585. The van der Waals surface area contributed by atoms with Crippen LogP contribution in [0, 0.1) is 47.3 Å². The zero-order valence-corrected chi connectivity index (χ0v) is 17.5. The van der Waals surface area contributed by atoms with Crippen molar-refractivity contribution in [3.8, 4) is 0 Å². The van der Waals surface area contributed by atoms with Gasteiger partial charge in [-0.25, -0.2) is 4.99 Å². The van der Waals surface area contributed by atoms with Gasteiger partial charge in [-0.1, -0.05) is 39.0 Å². The van der Waals surface area contributed by atoms with Gasteiger partial charge in [0.05, 0.1) is 10.7 Å². The molecule has 10 unspecified atom stereocenters. The van der Waals surface area contributed by atoms with Crippen LogP contribution in [-0.4, -0.2) is 23.3 Å². The summed E-state index contributed by atoms with van der Waals surface area (Å²) in [5.74, 6) is 6.60. The van der Waals surface area contributed by atoms with Gasteiger partial charge in [0.2, 0.25) is 0 Å². The van der Waals surface area contributed by atoms with E-state index in [0.717, 1.165) is 41.4 Å². The van der Waals surface area contributed by atoms with Crippen LogP contribution in [0.15, 0.2) is 4.99 Å². The lowest BCUT2D eigenvalue weighted by Crippen LogP contribution is -2.63. The molecule has 2 nitrogen and oxygen atoms in total. The van der Waals surface area contributed by atoms with E-state index in [2.05, 4.69) is 39.9 Å². The highest BCUT2D eigenvalue weighted by molar-refractivity contribution is 7.78. The van der Waals surface area contributed by atoms with Gasteiger partial charge in [-0.05, 0) is 86.8 Å². The van der Waals surface area contributed by atoms with Crippen LogP contribution >= 0.6 is 12.2 Å². The Hall–Kier alpha value is -0.240. The summed E-state index contributed by atoms with van der Waals surface area (Å²) in [4.78, 5) is 4.76. The number of hydrogen-bond acceptors (Lipinski definition) is 2. The molecule has 25 heavy (non-hydrogen) atoms. The van der Waals surface area contributed by atoms with Crippen LogP contribution in [0.1, 0.15) is 66.2 Å². The summed E-state index contributed by atoms with van der Waals surface area (Å²) < 4.78 is 0. The minimum absolute atomic E-state index is 0.0400. The first-order chi connectivity index (χ1) is 11.9. The van der Waals surface area contributed by atoms with Gasteiger partial charge in [0.15, 0.2) is 0 Å². The third kappa shape index (κ3) is 2.45. The van der Waals surface area contributed by atoms with Crippen molar-refractivity contribution in [2.75, 3.05) is 7.05 Å². The third-order valence-corrected chi connectivity index (χ3v) is 9.67. The summed E-state index contributed by atoms with van der Waals surface area (Å²) in [7, 11) is 2.08. The molecule has 0 aromatic rings. The number of hydrogen-bond donors (Lipinski definition) is 0. The number of rotatable bonds is 2. The van der Waals surface area contributed by atoms with Crippen molar-refractivity contribution in [3.05, 3.63) is 5.32 Å². The molecule has 4 fully saturated rings. The van der Waals surface area contributed by atoms with Crippen molar-refractivity contribution in [1.29, 1.82) is 0 Å². The molecule has 4 aliphatic rings. The van der Waals surface area contributed by atoms with Crippen LogP contribution in [0.5, 0.6) is 0 Å². The second kappa shape index (κ2) is 6.14. The molecule has 0 amide bonds. The van der Waals surface area contributed by atoms with Crippen molar-refractivity contribution in [2.24, 2.45) is 52.3 Å². The molecule has 0 aromatic carbocycles. The lowest BCUT2D eigenvalue weighted by Gasteiger charge is -2.70. The van der Waals surface area contributed by atoms with Crippen LogP contribution in [-0.2, 0) is 0 Å². The first-order valence-electron chi connectivity index (χ1n) is 10.6. The Morgan fingerprint density at radius 1 is 1.04 bits per heavy atom. The molecule has 10 atom stereocenters. The minimum Gasteiger partial charge on any atom is -0.659 e. The topological polar surface area (TPSA) is 26.5 Å². The van der Waals surface area contributed by atoms with Crippen LogP contribution in [0.3, 0.4) is 0 Å². The predicted molar refractivity (Wildman–Crippen MR) is 108 cm³/mol. The predicted octanol–water partition coefficient (Wildman–Crippen LogP) is 5.97. The summed E-state index contributed by atoms with van der Waals surface area (Å²) in [5, 5.41) is 7.77. The maximum Gasteiger partial charge on any atom is 0.0713 e. The second-order valence-electron chi connectivity index (χ2n) is 10.3. The Morgan fingerprint density at radius 3 is 2.44 bits per heavy atom. The summed E-state index contributed by atoms with van der Waals surface area (Å²) in [6.07, 6.45) is 8.03. The average molecular weight is 360 g/mol. The number of nitrogens with zero attached hydrogens (tertiary/aromatic N) is 2. The van der Waals surface area contributed by atoms with Gasteiger partial charge in [-0.15, -0.1) is 5.54 Å². The SMILES string of the molecule is C[N-]C1(C)C(C)CC2CC(C)C3CCC(C)(N=C=S)C4CCC1C2C34. The lowest BCUT2D eigenvalue weighted by molar-refractivity contribution is -0.144. The highest BCUT2D eigenvalue weighted by Crippen LogP contribution is 2.66. The molecule has 3 heteroatoms. The first kappa shape index (κ1) is 18.1. The molecule has 0 saturated heterocycles. The molecule has 0 aromatic heterocycles. The Morgan fingerprint density at radius 2 is 1.76 bits per heavy atom. The molecule has 4 rings (SSSR count). The van der Waals surface area contributed by atoms with E-state index in [0.29, 0.717) is 5.92 Å². The molecule has 140 valence electrons. The maximum atomic E-state index is 5.04. The Kier molecular flexibility index (Phi) is 4.46. The highest BCUT2D eigenvalue weighted by Gasteiger charge is 2.61. The maximum absolute atomic E-state index is 5.04. The molecule has 0 aliphatic heterocycles. The van der Waals surface area contributed by atoms with Crippen LogP contribution in [0.2, 0.25) is 0 Å². The summed E-state index contributed by atoms with van der Waals surface area (Å²) in [6, 6.07) is 0. The van der Waals surface area contributed by atoms with Gasteiger partial charge in [0.1, 0.15) is 0 Å². The van der Waals surface area contributed by atoms with Crippen molar-refractivity contribution < 1.29 is 0 Å². The fourth-order valence-electron chi connectivity index (χ4n) is 8.17. The first-order valence-corrected chi connectivity index (χ1v) is 11.0. The van der Waals surface area contributed by atoms with E-state index in [1.54, 1.807) is 0 Å². The lowest BCUT2D eigenvalue weighted by atomic mass is 9.40. The molecule has 0 spiro atoms. The van der Waals surface area contributed by atoms with Crippen LogP contribution in [0.4, 0.5) is 0 Å². The monoisotopic (exact) mass is 359 g/mol. The summed E-state index contributed by atoms with van der Waals surface area (Å²) in [5.41, 5.74) is 0.219. The molecule has 4 aliphatic carbocycles. The number of isothiocyanates is 1. The largest absolute Gasteiger partial charge is 0.659 e. The molecule has 0 radical (unpaired) electrons.